The van der Waals surface area contributed by atoms with E-state index in [4.69, 9.17) is 27.8 Å². The number of methoxy groups -OCH3 is 1. The van der Waals surface area contributed by atoms with Crippen LogP contribution in [0.15, 0.2) is 47.1 Å². The first-order chi connectivity index (χ1) is 12.1. The quantitative estimate of drug-likeness (QED) is 0.288. The van der Waals surface area contributed by atoms with Crippen LogP contribution in [-0.2, 0) is 13.0 Å². The fraction of sp³-hybridized carbons (Fsp3) is 0.176. The lowest BCUT2D eigenvalue weighted by Crippen LogP contribution is -2.14. The summed E-state index contributed by atoms with van der Waals surface area (Å²) in [6.45, 7) is 0.533. The Bertz CT molecular complexity index is 769. The molecule has 0 unspecified atom stereocenters. The van der Waals surface area contributed by atoms with E-state index in [0.717, 1.165) is 22.4 Å². The van der Waals surface area contributed by atoms with Crippen molar-refractivity contribution in [3.8, 4) is 5.75 Å². The summed E-state index contributed by atoms with van der Waals surface area (Å²) in [4.78, 5) is 8.44. The number of ether oxygens (including phenoxy) is 1. The predicted molar refractivity (Wildman–Crippen MR) is 102 cm³/mol. The molecule has 0 aliphatic heterocycles. The fourth-order valence-corrected chi connectivity index (χ4v) is 2.25. The van der Waals surface area contributed by atoms with Crippen LogP contribution in [0.25, 0.3) is 0 Å². The summed E-state index contributed by atoms with van der Waals surface area (Å²) in [6.07, 6.45) is 3.68. The Kier molecular flexibility index (Phi) is 6.19. The molecule has 2 rings (SSSR count). The van der Waals surface area contributed by atoms with E-state index in [9.17, 15) is 0 Å². The van der Waals surface area contributed by atoms with Crippen molar-refractivity contribution in [3.05, 3.63) is 53.2 Å². The summed E-state index contributed by atoms with van der Waals surface area (Å²) in [7, 11) is 1.63. The lowest BCUT2D eigenvalue weighted by molar-refractivity contribution is 0.414. The van der Waals surface area contributed by atoms with Crippen LogP contribution in [-0.4, -0.2) is 18.3 Å². The van der Waals surface area contributed by atoms with Gasteiger partial charge in [-0.3, -0.25) is 4.99 Å². The Morgan fingerprint density at radius 3 is 2.60 bits per heavy atom. The summed E-state index contributed by atoms with van der Waals surface area (Å²) in [5.74, 6) is 6.86. The molecule has 0 amide bonds. The molecule has 25 heavy (non-hydrogen) atoms. The van der Waals surface area contributed by atoms with Crippen LogP contribution in [0.5, 0.6) is 5.75 Å². The van der Waals surface area contributed by atoms with Crippen LogP contribution in [0, 0.1) is 0 Å². The van der Waals surface area contributed by atoms with Gasteiger partial charge in [-0.2, -0.15) is 0 Å². The molecule has 1 heterocycles. The highest BCUT2D eigenvalue weighted by Crippen LogP contribution is 2.24. The number of hydrogen-bond acceptors (Lipinski definition) is 8. The largest absolute Gasteiger partial charge is 0.497 e. The van der Waals surface area contributed by atoms with E-state index in [1.807, 2.05) is 24.3 Å². The van der Waals surface area contributed by atoms with Crippen molar-refractivity contribution in [1.29, 1.82) is 0 Å². The van der Waals surface area contributed by atoms with Crippen molar-refractivity contribution < 1.29 is 4.74 Å². The van der Waals surface area contributed by atoms with Crippen molar-refractivity contribution >= 4 is 23.5 Å². The fourth-order valence-electron chi connectivity index (χ4n) is 2.25. The van der Waals surface area contributed by atoms with Gasteiger partial charge in [0.05, 0.1) is 19.3 Å². The number of hydrazine groups is 1. The summed E-state index contributed by atoms with van der Waals surface area (Å²) in [6, 6.07) is 9.40. The minimum atomic E-state index is 0.323. The minimum Gasteiger partial charge on any atom is -0.497 e. The van der Waals surface area contributed by atoms with Crippen molar-refractivity contribution in [3.63, 3.8) is 0 Å². The lowest BCUT2D eigenvalue weighted by atomic mass is 10.1. The Morgan fingerprint density at radius 1 is 1.28 bits per heavy atom. The molecular weight excluding hydrogens is 318 g/mol. The number of aliphatic imine (C=N–C) groups is 1. The smallest absolute Gasteiger partial charge is 0.165 e. The monoisotopic (exact) mass is 341 g/mol. The maximum atomic E-state index is 6.03. The molecule has 1 aromatic carbocycles. The molecule has 1 aromatic heterocycles. The zero-order valence-electron chi connectivity index (χ0n) is 14.1. The van der Waals surface area contributed by atoms with Gasteiger partial charge in [-0.1, -0.05) is 12.1 Å². The second-order valence-corrected chi connectivity index (χ2v) is 5.35. The Morgan fingerprint density at radius 2 is 2.00 bits per heavy atom. The standard InChI is InChI=1S/C17H23N7O/c1-25-14-4-2-11(3-5-14)9-22-10-12(8-18)6-13-7-15(19)23-17(24-21)16(13)20/h2-5,7-8,10H,6,9,18,20-21H2,1H3,(H3,19,23,24). The highest BCUT2D eigenvalue weighted by Gasteiger charge is 2.09. The first-order valence-corrected chi connectivity index (χ1v) is 7.62. The van der Waals surface area contributed by atoms with Crippen LogP contribution in [0.1, 0.15) is 11.1 Å². The first-order valence-electron chi connectivity index (χ1n) is 7.62. The number of pyridine rings is 1. The second kappa shape index (κ2) is 8.55. The average molecular weight is 341 g/mol. The number of allylic oxidation sites excluding steroid dienone is 1. The number of nitrogens with zero attached hydrogens (tertiary/aromatic N) is 2. The SMILES string of the molecule is COc1ccc(CN=CC(=CN)Cc2cc(N)nc(NN)c2N)cc1. The highest BCUT2D eigenvalue weighted by atomic mass is 16.5. The number of nitrogens with two attached hydrogens (primary N) is 4. The first kappa shape index (κ1) is 18.1. The normalized spacial score (nSPS) is 11.7. The van der Waals surface area contributed by atoms with Gasteiger partial charge in [0.2, 0.25) is 0 Å². The molecule has 9 N–H and O–H groups in total. The van der Waals surface area contributed by atoms with Gasteiger partial charge in [0.25, 0.3) is 0 Å². The molecule has 8 nitrogen and oxygen atoms in total. The molecule has 0 aliphatic carbocycles. The molecule has 0 saturated heterocycles. The maximum Gasteiger partial charge on any atom is 0.165 e. The van der Waals surface area contributed by atoms with E-state index in [0.29, 0.717) is 30.3 Å². The predicted octanol–water partition coefficient (Wildman–Crippen LogP) is 1.20. The third-order valence-electron chi connectivity index (χ3n) is 3.60. The molecule has 0 bridgehead atoms. The van der Waals surface area contributed by atoms with Crippen molar-refractivity contribution in [2.75, 3.05) is 24.0 Å². The number of nitrogens with one attached hydrogen (secondary N) is 1. The maximum absolute atomic E-state index is 6.03. The number of nitrogen functional groups attached to an aromatic ring is 3. The minimum absolute atomic E-state index is 0.323. The molecule has 0 fully saturated rings. The Balaban J connectivity index is 2.06. The number of benzene rings is 1. The van der Waals surface area contributed by atoms with Crippen molar-refractivity contribution in [1.82, 2.24) is 4.98 Å². The van der Waals surface area contributed by atoms with E-state index in [-0.39, 0.29) is 0 Å². The molecule has 0 spiro atoms. The van der Waals surface area contributed by atoms with E-state index in [1.165, 1.54) is 6.20 Å². The van der Waals surface area contributed by atoms with E-state index in [2.05, 4.69) is 15.4 Å². The van der Waals surface area contributed by atoms with Crippen molar-refractivity contribution in [2.45, 2.75) is 13.0 Å². The Labute approximate surface area is 146 Å². The average Bonchev–Trinajstić information content (AvgIpc) is 2.63. The van der Waals surface area contributed by atoms with Gasteiger partial charge in [-0.15, -0.1) is 0 Å². The van der Waals surface area contributed by atoms with E-state index >= 15 is 0 Å². The van der Waals surface area contributed by atoms with Gasteiger partial charge in [-0.25, -0.2) is 10.8 Å². The van der Waals surface area contributed by atoms with Gasteiger partial charge in [0.1, 0.15) is 11.6 Å². The lowest BCUT2D eigenvalue weighted by Gasteiger charge is -2.11. The molecular formula is C17H23N7O. The van der Waals surface area contributed by atoms with E-state index < -0.39 is 0 Å². The van der Waals surface area contributed by atoms with Crippen LogP contribution in [0.3, 0.4) is 0 Å². The van der Waals surface area contributed by atoms with Crippen molar-refractivity contribution in [2.24, 2.45) is 16.6 Å². The molecule has 0 aliphatic rings. The summed E-state index contributed by atoms with van der Waals surface area (Å²) in [5, 5.41) is 0. The third kappa shape index (κ3) is 4.85. The molecule has 8 heteroatoms. The molecule has 132 valence electrons. The van der Waals surface area contributed by atoms with Crippen LogP contribution < -0.4 is 33.2 Å². The molecule has 0 radical (unpaired) electrons. The van der Waals surface area contributed by atoms with Crippen LogP contribution >= 0.6 is 0 Å². The molecule has 0 atom stereocenters. The second-order valence-electron chi connectivity index (χ2n) is 5.35. The number of hydrogen-bond donors (Lipinski definition) is 5. The van der Waals surface area contributed by atoms with Gasteiger partial charge < -0.3 is 27.4 Å². The van der Waals surface area contributed by atoms with Crippen LogP contribution in [0.2, 0.25) is 0 Å². The molecule has 0 saturated carbocycles. The highest BCUT2D eigenvalue weighted by molar-refractivity contribution is 5.80. The van der Waals surface area contributed by atoms with Gasteiger partial charge in [0.15, 0.2) is 5.82 Å². The van der Waals surface area contributed by atoms with Crippen LogP contribution in [0.4, 0.5) is 17.3 Å². The van der Waals surface area contributed by atoms with E-state index in [1.54, 1.807) is 19.4 Å². The summed E-state index contributed by atoms with van der Waals surface area (Å²) < 4.78 is 5.13. The number of anilines is 3. The van der Waals surface area contributed by atoms with Gasteiger partial charge >= 0.3 is 0 Å². The topological polar surface area (TPSA) is 151 Å². The molecule has 2 aromatic rings. The zero-order valence-corrected chi connectivity index (χ0v) is 14.1. The third-order valence-corrected chi connectivity index (χ3v) is 3.60. The van der Waals surface area contributed by atoms with Gasteiger partial charge in [0, 0.05) is 12.6 Å². The summed E-state index contributed by atoms with van der Waals surface area (Å²) >= 11 is 0. The number of aromatic nitrogens is 1. The number of rotatable bonds is 7. The summed E-state index contributed by atoms with van der Waals surface area (Å²) in [5.41, 5.74) is 23.0. The Hall–Kier alpha value is -3.26. The van der Waals surface area contributed by atoms with Gasteiger partial charge in [-0.05, 0) is 41.1 Å². The zero-order chi connectivity index (χ0) is 18.2.